The van der Waals surface area contributed by atoms with Crippen LogP contribution in [-0.4, -0.2) is 44.9 Å². The molecule has 1 saturated carbocycles. The van der Waals surface area contributed by atoms with E-state index in [1.54, 1.807) is 4.90 Å². The van der Waals surface area contributed by atoms with Crippen LogP contribution in [0.25, 0.3) is 11.4 Å². The topological polar surface area (TPSA) is 80.1 Å². The van der Waals surface area contributed by atoms with Gasteiger partial charge in [-0.1, -0.05) is 79.1 Å². The van der Waals surface area contributed by atoms with Crippen LogP contribution < -0.4 is 10.2 Å². The van der Waals surface area contributed by atoms with Crippen LogP contribution in [0.15, 0.2) is 59.8 Å². The van der Waals surface area contributed by atoms with Gasteiger partial charge in [0.1, 0.15) is 6.54 Å². The van der Waals surface area contributed by atoms with Crippen molar-refractivity contribution in [2.75, 3.05) is 17.2 Å². The van der Waals surface area contributed by atoms with Crippen molar-refractivity contribution in [2.45, 2.75) is 50.2 Å². The minimum atomic E-state index is -0.142. The Hall–Kier alpha value is -3.13. The van der Waals surface area contributed by atoms with Gasteiger partial charge in [0.05, 0.1) is 5.75 Å². The first-order chi connectivity index (χ1) is 16.5. The Balaban J connectivity index is 1.44. The first-order valence-electron chi connectivity index (χ1n) is 11.8. The molecule has 0 aliphatic heterocycles. The van der Waals surface area contributed by atoms with Gasteiger partial charge < -0.3 is 14.8 Å². The lowest BCUT2D eigenvalue weighted by Gasteiger charge is -2.26. The zero-order valence-electron chi connectivity index (χ0n) is 19.7. The summed E-state index contributed by atoms with van der Waals surface area (Å²) in [5, 5.41) is 12.3. The van der Waals surface area contributed by atoms with Crippen LogP contribution in [0.2, 0.25) is 0 Å². The summed E-state index contributed by atoms with van der Waals surface area (Å²) in [6, 6.07) is 17.7. The maximum atomic E-state index is 13.3. The highest BCUT2D eigenvalue weighted by Crippen LogP contribution is 2.24. The Morgan fingerprint density at radius 1 is 1.03 bits per heavy atom. The van der Waals surface area contributed by atoms with Gasteiger partial charge in [-0.25, -0.2) is 0 Å². The molecule has 1 aliphatic rings. The third-order valence-corrected chi connectivity index (χ3v) is 7.12. The van der Waals surface area contributed by atoms with Crippen LogP contribution in [0.5, 0.6) is 0 Å². The number of aryl methyl sites for hydroxylation is 1. The summed E-state index contributed by atoms with van der Waals surface area (Å²) in [5.41, 5.74) is 2.79. The predicted molar refractivity (Wildman–Crippen MR) is 136 cm³/mol. The van der Waals surface area contributed by atoms with Crippen LogP contribution in [0.4, 0.5) is 5.69 Å². The van der Waals surface area contributed by atoms with E-state index in [9.17, 15) is 9.59 Å². The monoisotopic (exact) mass is 477 g/mol. The van der Waals surface area contributed by atoms with Crippen molar-refractivity contribution in [3.05, 3.63) is 60.2 Å². The molecular weight excluding hydrogens is 446 g/mol. The fourth-order valence-electron chi connectivity index (χ4n) is 4.20. The molecule has 1 N–H and O–H groups in total. The van der Waals surface area contributed by atoms with E-state index in [1.165, 1.54) is 18.2 Å². The van der Waals surface area contributed by atoms with Gasteiger partial charge in [-0.15, -0.1) is 10.2 Å². The van der Waals surface area contributed by atoms with Crippen LogP contribution in [0.3, 0.4) is 0 Å². The SMILES string of the molecule is Cc1ccc(N(CC(=O)NC2CCCCC2)C(=O)CSc2nnc(-c3ccccc3)n2C)cc1. The van der Waals surface area contributed by atoms with Crippen LogP contribution in [0, 0.1) is 6.92 Å². The lowest BCUT2D eigenvalue weighted by Crippen LogP contribution is -2.45. The number of nitrogens with zero attached hydrogens (tertiary/aromatic N) is 4. The number of carbonyl (C=O) groups excluding carboxylic acids is 2. The fraction of sp³-hybridized carbons (Fsp3) is 0.385. The largest absolute Gasteiger partial charge is 0.352 e. The number of benzene rings is 2. The minimum Gasteiger partial charge on any atom is -0.352 e. The van der Waals surface area contributed by atoms with E-state index in [2.05, 4.69) is 15.5 Å². The van der Waals surface area contributed by atoms with E-state index < -0.39 is 0 Å². The van der Waals surface area contributed by atoms with Crippen LogP contribution >= 0.6 is 11.8 Å². The van der Waals surface area contributed by atoms with E-state index in [1.807, 2.05) is 73.1 Å². The highest BCUT2D eigenvalue weighted by atomic mass is 32.2. The number of amides is 2. The van der Waals surface area contributed by atoms with Crippen molar-refractivity contribution in [1.82, 2.24) is 20.1 Å². The van der Waals surface area contributed by atoms with E-state index in [4.69, 9.17) is 0 Å². The molecule has 4 rings (SSSR count). The highest BCUT2D eigenvalue weighted by molar-refractivity contribution is 7.99. The first-order valence-corrected chi connectivity index (χ1v) is 12.7. The number of anilines is 1. The first kappa shape index (κ1) is 24.0. The van der Waals surface area contributed by atoms with Crippen molar-refractivity contribution < 1.29 is 9.59 Å². The van der Waals surface area contributed by atoms with Gasteiger partial charge >= 0.3 is 0 Å². The average molecular weight is 478 g/mol. The molecule has 1 aliphatic carbocycles. The summed E-state index contributed by atoms with van der Waals surface area (Å²) in [5.74, 6) is 0.649. The summed E-state index contributed by atoms with van der Waals surface area (Å²) in [6.45, 7) is 2.01. The van der Waals surface area contributed by atoms with Gasteiger partial charge in [0.25, 0.3) is 0 Å². The highest BCUT2D eigenvalue weighted by Gasteiger charge is 2.23. The Morgan fingerprint density at radius 2 is 1.74 bits per heavy atom. The van der Waals surface area contributed by atoms with E-state index in [-0.39, 0.29) is 30.2 Å². The molecular formula is C26H31N5O2S. The van der Waals surface area contributed by atoms with Gasteiger partial charge in [0, 0.05) is 24.3 Å². The van der Waals surface area contributed by atoms with E-state index in [0.717, 1.165) is 48.3 Å². The van der Waals surface area contributed by atoms with Crippen LogP contribution in [-0.2, 0) is 16.6 Å². The Morgan fingerprint density at radius 3 is 2.44 bits per heavy atom. The molecule has 178 valence electrons. The molecule has 2 amide bonds. The molecule has 1 fully saturated rings. The number of hydrogen-bond acceptors (Lipinski definition) is 5. The number of nitrogens with one attached hydrogen (secondary N) is 1. The Bertz CT molecular complexity index is 1110. The van der Waals surface area contributed by atoms with Crippen molar-refractivity contribution in [1.29, 1.82) is 0 Å². The smallest absolute Gasteiger partial charge is 0.240 e. The average Bonchev–Trinajstić information content (AvgIpc) is 3.23. The number of hydrogen-bond donors (Lipinski definition) is 1. The molecule has 0 radical (unpaired) electrons. The molecule has 0 atom stereocenters. The molecule has 0 saturated heterocycles. The van der Waals surface area contributed by atoms with E-state index >= 15 is 0 Å². The lowest BCUT2D eigenvalue weighted by molar-refractivity contribution is -0.123. The lowest BCUT2D eigenvalue weighted by atomic mass is 9.95. The molecule has 34 heavy (non-hydrogen) atoms. The summed E-state index contributed by atoms with van der Waals surface area (Å²) in [6.07, 6.45) is 5.54. The van der Waals surface area contributed by atoms with E-state index in [0.29, 0.717) is 5.16 Å². The van der Waals surface area contributed by atoms with Gasteiger partial charge in [0.2, 0.25) is 11.8 Å². The third-order valence-electron chi connectivity index (χ3n) is 6.11. The molecule has 0 unspecified atom stereocenters. The van der Waals surface area contributed by atoms with Crippen molar-refractivity contribution in [2.24, 2.45) is 7.05 Å². The van der Waals surface area contributed by atoms with Gasteiger partial charge in [0.15, 0.2) is 11.0 Å². The zero-order chi connectivity index (χ0) is 23.9. The molecule has 3 aromatic rings. The fourth-order valence-corrected chi connectivity index (χ4v) is 4.98. The molecule has 1 aromatic heterocycles. The molecule has 8 heteroatoms. The second-order valence-corrected chi connectivity index (χ2v) is 9.68. The minimum absolute atomic E-state index is 0.00698. The van der Waals surface area contributed by atoms with Crippen molar-refractivity contribution in [3.63, 3.8) is 0 Å². The summed E-state index contributed by atoms with van der Waals surface area (Å²) < 4.78 is 1.89. The number of thioether (sulfide) groups is 1. The standard InChI is InChI=1S/C26H31N5O2S/c1-19-13-15-22(16-14-19)31(17-23(32)27-21-11-7-4-8-12-21)24(33)18-34-26-29-28-25(30(26)2)20-9-5-3-6-10-20/h3,5-6,9-10,13-16,21H,4,7-8,11-12,17-18H2,1-2H3,(H,27,32). The second-order valence-electron chi connectivity index (χ2n) is 8.74. The summed E-state index contributed by atoms with van der Waals surface area (Å²) in [7, 11) is 1.89. The normalized spacial score (nSPS) is 14.1. The number of rotatable bonds is 8. The van der Waals surface area contributed by atoms with Crippen LogP contribution in [0.1, 0.15) is 37.7 Å². The predicted octanol–water partition coefficient (Wildman–Crippen LogP) is 4.36. The Labute approximate surface area is 205 Å². The van der Waals surface area contributed by atoms with Gasteiger partial charge in [-0.3, -0.25) is 9.59 Å². The van der Waals surface area contributed by atoms with Crippen molar-refractivity contribution >= 4 is 29.3 Å². The summed E-state index contributed by atoms with van der Waals surface area (Å²) in [4.78, 5) is 27.7. The van der Waals surface area contributed by atoms with Gasteiger partial charge in [-0.2, -0.15) is 0 Å². The molecule has 2 aromatic carbocycles. The Kier molecular flexibility index (Phi) is 8.00. The zero-order valence-corrected chi connectivity index (χ0v) is 20.6. The second kappa shape index (κ2) is 11.3. The maximum Gasteiger partial charge on any atom is 0.240 e. The molecule has 7 nitrogen and oxygen atoms in total. The number of carbonyl (C=O) groups is 2. The third kappa shape index (κ3) is 6.05. The molecule has 1 heterocycles. The molecule has 0 spiro atoms. The van der Waals surface area contributed by atoms with Crippen molar-refractivity contribution in [3.8, 4) is 11.4 Å². The summed E-state index contributed by atoms with van der Waals surface area (Å²) >= 11 is 1.33. The number of aromatic nitrogens is 3. The quantitative estimate of drug-likeness (QED) is 0.488. The molecule has 0 bridgehead atoms. The van der Waals surface area contributed by atoms with Gasteiger partial charge in [-0.05, 0) is 31.9 Å². The maximum absolute atomic E-state index is 13.3.